The molecule has 2 heterocycles. The third kappa shape index (κ3) is 5.56. The first-order valence-corrected chi connectivity index (χ1v) is 14.4. The van der Waals surface area contributed by atoms with Crippen LogP contribution in [0.3, 0.4) is 0 Å². The van der Waals surface area contributed by atoms with E-state index in [9.17, 15) is 14.7 Å². The second-order valence-electron chi connectivity index (χ2n) is 10.5. The lowest BCUT2D eigenvalue weighted by Crippen LogP contribution is -2.26. The number of para-hydroxylation sites is 2. The fraction of sp³-hybridized carbons (Fsp3) is 0.167. The Morgan fingerprint density at radius 2 is 1.62 bits per heavy atom. The lowest BCUT2D eigenvalue weighted by molar-refractivity contribution is 0.0951. The highest BCUT2D eigenvalue weighted by Gasteiger charge is 2.31. The molecule has 1 atom stereocenters. The molecule has 1 amide bonds. The Bertz CT molecular complexity index is 2080. The number of ether oxygens (including phenoxy) is 3. The summed E-state index contributed by atoms with van der Waals surface area (Å²) in [6.07, 6.45) is 0.392. The van der Waals surface area contributed by atoms with Crippen LogP contribution in [0.15, 0.2) is 100 Å². The van der Waals surface area contributed by atoms with Crippen molar-refractivity contribution in [3.05, 3.63) is 129 Å². The molecule has 0 aliphatic heterocycles. The van der Waals surface area contributed by atoms with Crippen LogP contribution in [0.4, 0.5) is 0 Å². The number of benzene rings is 4. The van der Waals surface area contributed by atoms with Crippen molar-refractivity contribution in [2.75, 3.05) is 27.9 Å². The maximum atomic E-state index is 13.7. The molecular formula is C36H32N2O7. The number of aromatic hydroxyl groups is 1. The summed E-state index contributed by atoms with van der Waals surface area (Å²) in [5.74, 6) is 0.497. The van der Waals surface area contributed by atoms with E-state index in [1.54, 1.807) is 62.8 Å². The number of amides is 1. The molecule has 2 aromatic heterocycles. The first-order valence-electron chi connectivity index (χ1n) is 14.4. The minimum Gasteiger partial charge on any atom is -0.507 e. The zero-order valence-corrected chi connectivity index (χ0v) is 25.0. The summed E-state index contributed by atoms with van der Waals surface area (Å²) in [5.41, 5.74) is 3.13. The van der Waals surface area contributed by atoms with Crippen molar-refractivity contribution < 1.29 is 28.5 Å². The van der Waals surface area contributed by atoms with Gasteiger partial charge < -0.3 is 34.0 Å². The molecule has 3 N–H and O–H groups in total. The van der Waals surface area contributed by atoms with Crippen LogP contribution in [0.25, 0.3) is 21.9 Å². The second-order valence-corrected chi connectivity index (χ2v) is 10.5. The molecule has 45 heavy (non-hydrogen) atoms. The van der Waals surface area contributed by atoms with E-state index < -0.39 is 11.5 Å². The molecule has 0 saturated carbocycles. The number of hydrogen-bond acceptors (Lipinski definition) is 7. The zero-order valence-electron chi connectivity index (χ0n) is 25.0. The molecule has 0 saturated heterocycles. The smallest absolute Gasteiger partial charge is 0.344 e. The molecule has 228 valence electrons. The zero-order chi connectivity index (χ0) is 31.5. The predicted octanol–water partition coefficient (Wildman–Crippen LogP) is 6.16. The highest BCUT2D eigenvalue weighted by atomic mass is 16.5. The van der Waals surface area contributed by atoms with Crippen molar-refractivity contribution in [3.8, 4) is 23.0 Å². The van der Waals surface area contributed by atoms with E-state index in [2.05, 4.69) is 10.3 Å². The number of H-pyrrole nitrogens is 1. The number of carbonyl (C=O) groups excluding carboxylic acids is 1. The van der Waals surface area contributed by atoms with E-state index in [0.717, 1.165) is 16.5 Å². The third-order valence-corrected chi connectivity index (χ3v) is 7.98. The number of fused-ring (bicyclic) bond motifs is 2. The average Bonchev–Trinajstić information content (AvgIpc) is 3.43. The largest absolute Gasteiger partial charge is 0.507 e. The Balaban J connectivity index is 1.52. The van der Waals surface area contributed by atoms with Gasteiger partial charge in [0.25, 0.3) is 5.91 Å². The standard InChI is InChI=1S/C36H32N2O7/c1-42-22-10-8-9-21(19-22)31(32-34(39)25-11-4-7-14-30(25)45-36(32)41)33-24(27-20-23(43-2)15-16-28(27)38-33)17-18-37-35(40)26-12-5-6-13-29(26)44-3/h4-16,19-20,31,38-39H,17-18H2,1-3H3,(H,37,40). The Hall–Kier alpha value is -5.70. The van der Waals surface area contributed by atoms with E-state index in [1.807, 2.05) is 42.5 Å². The third-order valence-electron chi connectivity index (χ3n) is 7.98. The van der Waals surface area contributed by atoms with Crippen LogP contribution in [0.1, 0.15) is 38.7 Å². The van der Waals surface area contributed by atoms with Gasteiger partial charge in [-0.2, -0.15) is 0 Å². The Morgan fingerprint density at radius 3 is 2.42 bits per heavy atom. The molecule has 0 spiro atoms. The lowest BCUT2D eigenvalue weighted by atomic mass is 9.85. The molecule has 9 heteroatoms. The number of carbonyl (C=O) groups is 1. The van der Waals surface area contributed by atoms with Crippen LogP contribution in [0.5, 0.6) is 23.0 Å². The van der Waals surface area contributed by atoms with E-state index in [1.165, 1.54) is 7.11 Å². The van der Waals surface area contributed by atoms with Gasteiger partial charge in [-0.3, -0.25) is 4.79 Å². The number of aromatic nitrogens is 1. The first kappa shape index (κ1) is 29.4. The molecule has 6 rings (SSSR count). The lowest BCUT2D eigenvalue weighted by Gasteiger charge is -2.20. The van der Waals surface area contributed by atoms with E-state index >= 15 is 0 Å². The van der Waals surface area contributed by atoms with Crippen molar-refractivity contribution in [3.63, 3.8) is 0 Å². The quantitative estimate of drug-likeness (QED) is 0.160. The summed E-state index contributed by atoms with van der Waals surface area (Å²) in [5, 5.41) is 15.9. The number of nitrogens with one attached hydrogen (secondary N) is 2. The topological polar surface area (TPSA) is 123 Å². The van der Waals surface area contributed by atoms with Gasteiger partial charge in [0.2, 0.25) is 0 Å². The number of hydrogen-bond donors (Lipinski definition) is 3. The molecule has 0 fully saturated rings. The summed E-state index contributed by atoms with van der Waals surface area (Å²) in [4.78, 5) is 30.3. The Labute approximate surface area is 259 Å². The van der Waals surface area contributed by atoms with E-state index in [-0.39, 0.29) is 29.3 Å². The average molecular weight is 605 g/mol. The van der Waals surface area contributed by atoms with Gasteiger partial charge in [-0.05, 0) is 72.1 Å². The number of methoxy groups -OCH3 is 3. The van der Waals surface area contributed by atoms with E-state index in [4.69, 9.17) is 18.6 Å². The summed E-state index contributed by atoms with van der Waals surface area (Å²) in [6.45, 7) is 0.275. The predicted molar refractivity (Wildman–Crippen MR) is 172 cm³/mol. The van der Waals surface area contributed by atoms with Crippen LogP contribution in [-0.4, -0.2) is 43.9 Å². The molecule has 4 aromatic carbocycles. The van der Waals surface area contributed by atoms with Crippen molar-refractivity contribution in [2.24, 2.45) is 0 Å². The summed E-state index contributed by atoms with van der Waals surface area (Å²) < 4.78 is 22.2. The Morgan fingerprint density at radius 1 is 0.867 bits per heavy atom. The number of aromatic amines is 1. The van der Waals surface area contributed by atoms with Crippen LogP contribution >= 0.6 is 0 Å². The van der Waals surface area contributed by atoms with Gasteiger partial charge in [0.05, 0.1) is 43.8 Å². The minimum absolute atomic E-state index is 0.0831. The molecule has 9 nitrogen and oxygen atoms in total. The molecule has 6 aromatic rings. The van der Waals surface area contributed by atoms with Gasteiger partial charge in [0.1, 0.15) is 28.6 Å². The van der Waals surface area contributed by atoms with Crippen LogP contribution in [0, 0.1) is 0 Å². The summed E-state index contributed by atoms with van der Waals surface area (Å²) in [6, 6.07) is 26.9. The highest BCUT2D eigenvalue weighted by molar-refractivity contribution is 5.97. The molecule has 0 bridgehead atoms. The van der Waals surface area contributed by atoms with Crippen molar-refractivity contribution in [2.45, 2.75) is 12.3 Å². The maximum absolute atomic E-state index is 13.7. The highest BCUT2D eigenvalue weighted by Crippen LogP contribution is 2.42. The SMILES string of the molecule is COc1cccc(C(c2[nH]c3ccc(OC)cc3c2CCNC(=O)c2ccccc2OC)c2c(O)c3ccccc3oc2=O)c1. The molecular weight excluding hydrogens is 572 g/mol. The van der Waals surface area contributed by atoms with Gasteiger partial charge in [-0.1, -0.05) is 36.4 Å². The molecule has 0 radical (unpaired) electrons. The van der Waals surface area contributed by atoms with Crippen molar-refractivity contribution in [1.82, 2.24) is 10.3 Å². The second kappa shape index (κ2) is 12.5. The van der Waals surface area contributed by atoms with Gasteiger partial charge in [0.15, 0.2) is 0 Å². The van der Waals surface area contributed by atoms with Gasteiger partial charge in [-0.25, -0.2) is 4.79 Å². The van der Waals surface area contributed by atoms with Crippen LogP contribution in [0.2, 0.25) is 0 Å². The molecule has 0 aliphatic carbocycles. The van der Waals surface area contributed by atoms with Crippen LogP contribution < -0.4 is 25.2 Å². The fourth-order valence-electron chi connectivity index (χ4n) is 5.82. The molecule has 0 aliphatic rings. The van der Waals surface area contributed by atoms with Gasteiger partial charge >= 0.3 is 5.63 Å². The summed E-state index contributed by atoms with van der Waals surface area (Å²) in [7, 11) is 4.69. The first-order chi connectivity index (χ1) is 21.9. The molecule has 1 unspecified atom stereocenters. The summed E-state index contributed by atoms with van der Waals surface area (Å²) >= 11 is 0. The van der Waals surface area contributed by atoms with E-state index in [0.29, 0.717) is 45.9 Å². The number of rotatable bonds is 10. The van der Waals surface area contributed by atoms with Gasteiger partial charge in [-0.15, -0.1) is 0 Å². The normalized spacial score (nSPS) is 11.8. The van der Waals surface area contributed by atoms with Crippen LogP contribution in [-0.2, 0) is 6.42 Å². The monoisotopic (exact) mass is 604 g/mol. The fourth-order valence-corrected chi connectivity index (χ4v) is 5.82. The van der Waals surface area contributed by atoms with Gasteiger partial charge in [0, 0.05) is 23.1 Å². The van der Waals surface area contributed by atoms with Crippen molar-refractivity contribution in [1.29, 1.82) is 0 Å². The Kier molecular flexibility index (Phi) is 8.16. The maximum Gasteiger partial charge on any atom is 0.344 e. The minimum atomic E-state index is -0.778. The van der Waals surface area contributed by atoms with Crippen molar-refractivity contribution >= 4 is 27.8 Å².